The van der Waals surface area contributed by atoms with E-state index in [1.54, 1.807) is 12.4 Å². The molecule has 174 valence electrons. The average molecular weight is 575 g/mol. The molecule has 0 amide bonds. The summed E-state index contributed by atoms with van der Waals surface area (Å²) in [5.74, 6) is 5.55. The highest BCUT2D eigenvalue weighted by molar-refractivity contribution is 14.1. The molecule has 1 saturated heterocycles. The number of alkyl halides is 3. The lowest BCUT2D eigenvalue weighted by molar-refractivity contribution is -0.138. The number of halogens is 4. The van der Waals surface area contributed by atoms with Crippen LogP contribution in [0, 0.1) is 11.8 Å². The van der Waals surface area contributed by atoms with E-state index in [9.17, 15) is 13.2 Å². The normalized spacial score (nSPS) is 15.6. The Morgan fingerprint density at radius 1 is 0.971 bits per heavy atom. The molecule has 5 nitrogen and oxygen atoms in total. The second-order valence-electron chi connectivity index (χ2n) is 8.29. The van der Waals surface area contributed by atoms with Crippen molar-refractivity contribution >= 4 is 44.7 Å². The van der Waals surface area contributed by atoms with Gasteiger partial charge in [0.1, 0.15) is 5.69 Å². The fourth-order valence-electron chi connectivity index (χ4n) is 4.29. The zero-order valence-corrected chi connectivity index (χ0v) is 20.6. The van der Waals surface area contributed by atoms with Crippen LogP contribution in [0.5, 0.6) is 0 Å². The van der Waals surface area contributed by atoms with E-state index in [-0.39, 0.29) is 5.69 Å². The SMILES string of the molecule is Cn1c2ccncc2c2ccc(-c3cnc(C#CCN4CCN(I)CC4)c(C(F)(F)F)c3)cc21. The number of hydrogen-bond donors (Lipinski definition) is 0. The third-order valence-electron chi connectivity index (χ3n) is 6.16. The lowest BCUT2D eigenvalue weighted by Gasteiger charge is -2.29. The first-order valence-corrected chi connectivity index (χ1v) is 11.8. The molecular formula is C25H21F3IN5. The van der Waals surface area contributed by atoms with Gasteiger partial charge in [-0.25, -0.2) is 8.10 Å². The lowest BCUT2D eigenvalue weighted by atomic mass is 10.0. The Morgan fingerprint density at radius 2 is 1.76 bits per heavy atom. The molecule has 1 fully saturated rings. The van der Waals surface area contributed by atoms with Crippen LogP contribution in [-0.4, -0.2) is 55.3 Å². The summed E-state index contributed by atoms with van der Waals surface area (Å²) in [6, 6.07) is 8.71. The minimum atomic E-state index is -4.55. The standard InChI is InChI=1S/C25H21F3IN5/c1-32-23-6-7-30-16-20(23)19-5-4-17(14-24(19)32)18-13-21(25(26,27)28)22(31-15-18)3-2-8-33-9-11-34(29)12-10-33/h4-7,13-16H,8-12H2,1H3. The summed E-state index contributed by atoms with van der Waals surface area (Å²) in [4.78, 5) is 10.5. The smallest absolute Gasteiger partial charge is 0.343 e. The van der Waals surface area contributed by atoms with Crippen molar-refractivity contribution in [1.82, 2.24) is 22.5 Å². The number of nitrogens with zero attached hydrogens (tertiary/aromatic N) is 5. The van der Waals surface area contributed by atoms with Crippen LogP contribution in [0.1, 0.15) is 11.3 Å². The van der Waals surface area contributed by atoms with Crippen LogP contribution in [0.2, 0.25) is 0 Å². The quantitative estimate of drug-likeness (QED) is 0.189. The van der Waals surface area contributed by atoms with Gasteiger partial charge in [0, 0.05) is 96.5 Å². The molecule has 3 aromatic heterocycles. The number of pyridine rings is 2. The van der Waals surface area contributed by atoms with Gasteiger partial charge in [-0.2, -0.15) is 13.2 Å². The summed E-state index contributed by atoms with van der Waals surface area (Å²) in [5.41, 5.74) is 1.96. The van der Waals surface area contributed by atoms with Crippen LogP contribution in [0.4, 0.5) is 13.2 Å². The largest absolute Gasteiger partial charge is 0.419 e. The van der Waals surface area contributed by atoms with Crippen LogP contribution >= 0.6 is 22.9 Å². The predicted octanol–water partition coefficient (Wildman–Crippen LogP) is 5.13. The first-order valence-electron chi connectivity index (χ1n) is 10.8. The molecule has 5 rings (SSSR count). The van der Waals surface area contributed by atoms with Gasteiger partial charge in [-0.05, 0) is 29.7 Å². The van der Waals surface area contributed by atoms with Crippen molar-refractivity contribution in [2.75, 3.05) is 32.7 Å². The minimum Gasteiger partial charge on any atom is -0.343 e. The molecule has 0 unspecified atom stereocenters. The van der Waals surface area contributed by atoms with E-state index in [2.05, 4.69) is 52.7 Å². The number of fused-ring (bicyclic) bond motifs is 3. The molecule has 0 N–H and O–H groups in total. The van der Waals surface area contributed by atoms with Gasteiger partial charge in [0.2, 0.25) is 0 Å². The summed E-state index contributed by atoms with van der Waals surface area (Å²) >= 11 is 2.28. The fraction of sp³-hybridized carbons (Fsp3) is 0.280. The van der Waals surface area contributed by atoms with Crippen molar-refractivity contribution in [3.05, 3.63) is 60.2 Å². The van der Waals surface area contributed by atoms with E-state index in [1.807, 2.05) is 35.9 Å². The Labute approximate surface area is 209 Å². The van der Waals surface area contributed by atoms with E-state index in [0.29, 0.717) is 17.7 Å². The number of piperazine rings is 1. The van der Waals surface area contributed by atoms with Crippen molar-refractivity contribution in [2.45, 2.75) is 6.18 Å². The summed E-state index contributed by atoms with van der Waals surface area (Å²) in [6.07, 6.45) is 0.454. The summed E-state index contributed by atoms with van der Waals surface area (Å²) in [7, 11) is 1.94. The highest BCUT2D eigenvalue weighted by Crippen LogP contribution is 2.35. The topological polar surface area (TPSA) is 37.2 Å². The molecule has 0 bridgehead atoms. The predicted molar refractivity (Wildman–Crippen MR) is 135 cm³/mol. The van der Waals surface area contributed by atoms with E-state index in [0.717, 1.165) is 54.1 Å². The van der Waals surface area contributed by atoms with Crippen molar-refractivity contribution in [3.8, 4) is 23.0 Å². The second kappa shape index (κ2) is 9.17. The summed E-state index contributed by atoms with van der Waals surface area (Å²) < 4.78 is 45.9. The maximum atomic E-state index is 13.9. The molecule has 4 aromatic rings. The molecule has 1 aliphatic rings. The van der Waals surface area contributed by atoms with Gasteiger partial charge in [-0.1, -0.05) is 18.1 Å². The fourth-order valence-corrected chi connectivity index (χ4v) is 4.72. The van der Waals surface area contributed by atoms with Crippen molar-refractivity contribution in [1.29, 1.82) is 0 Å². The molecule has 9 heteroatoms. The Balaban J connectivity index is 1.49. The summed E-state index contributed by atoms with van der Waals surface area (Å²) in [5, 5.41) is 2.01. The highest BCUT2D eigenvalue weighted by atomic mass is 127. The number of benzene rings is 1. The molecular weight excluding hydrogens is 554 g/mol. The van der Waals surface area contributed by atoms with E-state index < -0.39 is 11.7 Å². The van der Waals surface area contributed by atoms with Crippen LogP contribution in [-0.2, 0) is 13.2 Å². The molecule has 0 radical (unpaired) electrons. The first-order chi connectivity index (χ1) is 16.3. The Hall–Kier alpha value is -2.68. The highest BCUT2D eigenvalue weighted by Gasteiger charge is 2.34. The van der Waals surface area contributed by atoms with Gasteiger partial charge in [-0.3, -0.25) is 9.88 Å². The number of aryl methyl sites for hydroxylation is 1. The monoisotopic (exact) mass is 575 g/mol. The Morgan fingerprint density at radius 3 is 2.53 bits per heavy atom. The Bertz CT molecular complexity index is 1430. The van der Waals surface area contributed by atoms with Gasteiger partial charge < -0.3 is 4.57 Å². The second-order valence-corrected chi connectivity index (χ2v) is 9.65. The number of hydrogen-bond acceptors (Lipinski definition) is 4. The van der Waals surface area contributed by atoms with E-state index >= 15 is 0 Å². The number of aromatic nitrogens is 3. The van der Waals surface area contributed by atoms with Crippen molar-refractivity contribution in [3.63, 3.8) is 0 Å². The van der Waals surface area contributed by atoms with Crippen LogP contribution in [0.15, 0.2) is 48.9 Å². The molecule has 1 aromatic carbocycles. The Kier molecular flexibility index (Phi) is 6.22. The molecule has 0 aliphatic carbocycles. The van der Waals surface area contributed by atoms with Gasteiger partial charge in [0.25, 0.3) is 0 Å². The van der Waals surface area contributed by atoms with Crippen LogP contribution in [0.25, 0.3) is 32.9 Å². The van der Waals surface area contributed by atoms with Crippen LogP contribution < -0.4 is 0 Å². The molecule has 1 aliphatic heterocycles. The van der Waals surface area contributed by atoms with Crippen molar-refractivity contribution < 1.29 is 13.2 Å². The summed E-state index contributed by atoms with van der Waals surface area (Å²) in [6.45, 7) is 3.96. The third-order valence-corrected chi connectivity index (χ3v) is 7.13. The minimum absolute atomic E-state index is 0.236. The van der Waals surface area contributed by atoms with Gasteiger partial charge >= 0.3 is 6.18 Å². The van der Waals surface area contributed by atoms with Crippen molar-refractivity contribution in [2.24, 2.45) is 7.05 Å². The van der Waals surface area contributed by atoms with Gasteiger partial charge in [0.05, 0.1) is 17.6 Å². The molecule has 4 heterocycles. The first kappa shape index (κ1) is 23.1. The molecule has 0 spiro atoms. The molecule has 34 heavy (non-hydrogen) atoms. The third kappa shape index (κ3) is 4.50. The van der Waals surface area contributed by atoms with E-state index in [1.165, 1.54) is 6.20 Å². The average Bonchev–Trinajstić information content (AvgIpc) is 3.11. The zero-order chi connectivity index (χ0) is 23.9. The lowest BCUT2D eigenvalue weighted by Crippen LogP contribution is -2.42. The van der Waals surface area contributed by atoms with Gasteiger partial charge in [-0.15, -0.1) is 0 Å². The van der Waals surface area contributed by atoms with E-state index in [4.69, 9.17) is 0 Å². The maximum absolute atomic E-state index is 13.9. The molecule has 0 saturated carbocycles. The van der Waals surface area contributed by atoms with Crippen LogP contribution in [0.3, 0.4) is 0 Å². The maximum Gasteiger partial charge on any atom is 0.419 e. The van der Waals surface area contributed by atoms with Gasteiger partial charge in [0.15, 0.2) is 0 Å². The number of rotatable bonds is 2. The zero-order valence-electron chi connectivity index (χ0n) is 18.4. The molecule has 0 atom stereocenters.